The Morgan fingerprint density at radius 3 is 2.57 bits per heavy atom. The van der Waals surface area contributed by atoms with Crippen LogP contribution in [0.4, 0.5) is 0 Å². The lowest BCUT2D eigenvalue weighted by molar-refractivity contribution is -0.147. The summed E-state index contributed by atoms with van der Waals surface area (Å²) in [6, 6.07) is 2.69. The molecule has 7 nitrogen and oxygen atoms in total. The van der Waals surface area contributed by atoms with E-state index in [1.54, 1.807) is 28.5 Å². The molecule has 4 rings (SSSR count). The number of allylic oxidation sites excluding steroid dienone is 1. The molecule has 1 N–H and O–H groups in total. The minimum atomic E-state index is -0.658. The molecule has 0 unspecified atom stereocenters. The molecule has 4 atom stereocenters. The quantitative estimate of drug-likeness (QED) is 0.816. The van der Waals surface area contributed by atoms with Gasteiger partial charge in [0.05, 0.1) is 6.04 Å². The Balaban J connectivity index is 1.77. The van der Waals surface area contributed by atoms with E-state index in [-0.39, 0.29) is 48.3 Å². The summed E-state index contributed by atoms with van der Waals surface area (Å²) in [6.07, 6.45) is 6.96. The molecule has 0 saturated carbocycles. The van der Waals surface area contributed by atoms with Gasteiger partial charge in [0.25, 0.3) is 5.56 Å². The highest BCUT2D eigenvalue weighted by Gasteiger charge is 2.57. The van der Waals surface area contributed by atoms with Gasteiger partial charge in [-0.1, -0.05) is 19.1 Å². The summed E-state index contributed by atoms with van der Waals surface area (Å²) in [4.78, 5) is 43.1. The van der Waals surface area contributed by atoms with Crippen LogP contribution in [0.1, 0.15) is 56.8 Å². The predicted octanol–water partition coefficient (Wildman–Crippen LogP) is 1.79. The number of nitrogens with zero attached hydrogens (tertiary/aromatic N) is 3. The highest BCUT2D eigenvalue weighted by Crippen LogP contribution is 2.49. The van der Waals surface area contributed by atoms with Gasteiger partial charge in [-0.05, 0) is 38.3 Å². The summed E-state index contributed by atoms with van der Waals surface area (Å²) in [6.45, 7) is 5.32. The van der Waals surface area contributed by atoms with E-state index in [0.717, 1.165) is 25.0 Å². The van der Waals surface area contributed by atoms with Crippen molar-refractivity contribution in [2.75, 3.05) is 19.7 Å². The van der Waals surface area contributed by atoms with Crippen molar-refractivity contribution in [2.45, 2.75) is 58.2 Å². The first-order chi connectivity index (χ1) is 14.5. The van der Waals surface area contributed by atoms with Gasteiger partial charge >= 0.3 is 0 Å². The second-order valence-corrected chi connectivity index (χ2v) is 8.57. The number of likely N-dealkylation sites (tertiary alicyclic amines) is 2. The molecule has 0 aliphatic carbocycles. The summed E-state index contributed by atoms with van der Waals surface area (Å²) >= 11 is 0. The molecule has 4 heterocycles. The molecular weight excluding hydrogens is 382 g/mol. The molecule has 2 fully saturated rings. The number of carbonyl (C=O) groups excluding carboxylic acids is 2. The zero-order chi connectivity index (χ0) is 21.4. The Labute approximate surface area is 177 Å². The van der Waals surface area contributed by atoms with Crippen LogP contribution in [0.15, 0.2) is 23.0 Å². The van der Waals surface area contributed by atoms with Gasteiger partial charge in [0.1, 0.15) is 6.04 Å². The number of rotatable bonds is 4. The molecule has 3 aliphatic heterocycles. The van der Waals surface area contributed by atoms with Gasteiger partial charge in [0.15, 0.2) is 0 Å². The number of aromatic nitrogens is 1. The fraction of sp³-hybridized carbons (Fsp3) is 0.609. The first kappa shape index (κ1) is 20.8. The lowest BCUT2D eigenvalue weighted by atomic mass is 9.88. The van der Waals surface area contributed by atoms with E-state index in [2.05, 4.69) is 0 Å². The number of pyridine rings is 1. The normalized spacial score (nSPS) is 28.1. The maximum atomic E-state index is 13.5. The highest BCUT2D eigenvalue weighted by molar-refractivity contribution is 5.89. The lowest BCUT2D eigenvalue weighted by Gasteiger charge is -2.36. The standard InChI is InChI=1S/C23H31N3O4/c1-3-8-15-9-10-18-20-16(13-25(18)22(15)29)17(14-27)21(26(20)19(28)4-2)23(30)24-11-6-5-7-12-24/h3,8-10,16-17,20-21,27H,4-7,11-14H2,1-2H3/b8-3-/t16-,17-,20+,21-/m0/s1. The van der Waals surface area contributed by atoms with Crippen molar-refractivity contribution < 1.29 is 14.7 Å². The van der Waals surface area contributed by atoms with Crippen LogP contribution in [0, 0.1) is 11.8 Å². The molecule has 1 aromatic heterocycles. The van der Waals surface area contributed by atoms with Gasteiger partial charge in [0, 0.05) is 55.8 Å². The third-order valence-electron chi connectivity index (χ3n) is 6.96. The zero-order valence-electron chi connectivity index (χ0n) is 17.8. The zero-order valence-corrected chi connectivity index (χ0v) is 17.8. The van der Waals surface area contributed by atoms with E-state index in [9.17, 15) is 19.5 Å². The smallest absolute Gasteiger partial charge is 0.258 e. The maximum absolute atomic E-state index is 13.5. The number of hydrogen-bond donors (Lipinski definition) is 1. The third kappa shape index (κ3) is 3.20. The van der Waals surface area contributed by atoms with Crippen LogP contribution in [-0.4, -0.2) is 57.0 Å². The van der Waals surface area contributed by atoms with E-state index in [0.29, 0.717) is 25.2 Å². The predicted molar refractivity (Wildman–Crippen MR) is 114 cm³/mol. The van der Waals surface area contributed by atoms with Crippen LogP contribution in [-0.2, 0) is 16.1 Å². The molecule has 0 bridgehead atoms. The first-order valence-electron chi connectivity index (χ1n) is 11.1. The largest absolute Gasteiger partial charge is 0.396 e. The van der Waals surface area contributed by atoms with Gasteiger partial charge in [-0.3, -0.25) is 14.4 Å². The Morgan fingerprint density at radius 2 is 1.93 bits per heavy atom. The topological polar surface area (TPSA) is 82.8 Å². The van der Waals surface area contributed by atoms with Gasteiger partial charge in [-0.25, -0.2) is 0 Å². The molecule has 3 aliphatic rings. The number of aliphatic hydroxyl groups is 1. The van der Waals surface area contributed by atoms with Crippen molar-refractivity contribution >= 4 is 17.9 Å². The number of carbonyl (C=O) groups is 2. The Morgan fingerprint density at radius 1 is 1.20 bits per heavy atom. The lowest BCUT2D eigenvalue weighted by Crippen LogP contribution is -2.52. The van der Waals surface area contributed by atoms with Gasteiger partial charge in [0.2, 0.25) is 11.8 Å². The number of aliphatic hydroxyl groups excluding tert-OH is 1. The van der Waals surface area contributed by atoms with E-state index in [1.165, 1.54) is 0 Å². The third-order valence-corrected chi connectivity index (χ3v) is 6.96. The number of piperidine rings is 1. The SMILES string of the molecule is C/C=C\c1ccc2n(c1=O)C[C@H]1[C@H](CO)[C@@H](C(=O)N3CCCCC3)N(C(=O)CC)[C@@H]21. The number of fused-ring (bicyclic) bond motifs is 3. The summed E-state index contributed by atoms with van der Waals surface area (Å²) in [5, 5.41) is 10.3. The molecule has 0 spiro atoms. The molecule has 2 saturated heterocycles. The fourth-order valence-electron chi connectivity index (χ4n) is 5.56. The summed E-state index contributed by atoms with van der Waals surface area (Å²) in [7, 11) is 0. The van der Waals surface area contributed by atoms with Crippen molar-refractivity contribution in [3.05, 3.63) is 39.8 Å². The molecule has 0 radical (unpaired) electrons. The number of amides is 2. The Bertz CT molecular complexity index is 916. The minimum absolute atomic E-state index is 0.0515. The Hall–Kier alpha value is -2.41. The van der Waals surface area contributed by atoms with E-state index >= 15 is 0 Å². The molecule has 7 heteroatoms. The molecular formula is C23H31N3O4. The van der Waals surface area contributed by atoms with Crippen LogP contribution in [0.25, 0.3) is 6.08 Å². The summed E-state index contributed by atoms with van der Waals surface area (Å²) in [5.74, 6) is -0.665. The van der Waals surface area contributed by atoms with E-state index < -0.39 is 6.04 Å². The minimum Gasteiger partial charge on any atom is -0.396 e. The monoisotopic (exact) mass is 413 g/mol. The van der Waals surface area contributed by atoms with Crippen molar-refractivity contribution in [1.82, 2.24) is 14.4 Å². The van der Waals surface area contributed by atoms with E-state index in [4.69, 9.17) is 0 Å². The van der Waals surface area contributed by atoms with Gasteiger partial charge < -0.3 is 19.5 Å². The first-order valence-corrected chi connectivity index (χ1v) is 11.1. The van der Waals surface area contributed by atoms with Crippen molar-refractivity contribution in [3.63, 3.8) is 0 Å². The molecule has 162 valence electrons. The van der Waals surface area contributed by atoms with Gasteiger partial charge in [-0.15, -0.1) is 0 Å². The average molecular weight is 414 g/mol. The number of hydrogen-bond acceptors (Lipinski definition) is 4. The maximum Gasteiger partial charge on any atom is 0.258 e. The summed E-state index contributed by atoms with van der Waals surface area (Å²) < 4.78 is 1.73. The second kappa shape index (κ2) is 8.38. The van der Waals surface area contributed by atoms with Crippen LogP contribution in [0.3, 0.4) is 0 Å². The van der Waals surface area contributed by atoms with Crippen LogP contribution >= 0.6 is 0 Å². The average Bonchev–Trinajstić information content (AvgIpc) is 3.30. The molecule has 30 heavy (non-hydrogen) atoms. The molecule has 0 aromatic carbocycles. The second-order valence-electron chi connectivity index (χ2n) is 8.57. The highest BCUT2D eigenvalue weighted by atomic mass is 16.3. The van der Waals surface area contributed by atoms with Crippen molar-refractivity contribution in [1.29, 1.82) is 0 Å². The molecule has 1 aromatic rings. The van der Waals surface area contributed by atoms with E-state index in [1.807, 2.05) is 24.0 Å². The van der Waals surface area contributed by atoms with Crippen LogP contribution < -0.4 is 5.56 Å². The van der Waals surface area contributed by atoms with Crippen LogP contribution in [0.5, 0.6) is 0 Å². The summed E-state index contributed by atoms with van der Waals surface area (Å²) in [5.41, 5.74) is 1.29. The molecule has 2 amide bonds. The van der Waals surface area contributed by atoms with Gasteiger partial charge in [-0.2, -0.15) is 0 Å². The van der Waals surface area contributed by atoms with Crippen molar-refractivity contribution in [2.24, 2.45) is 11.8 Å². The fourth-order valence-corrected chi connectivity index (χ4v) is 5.56. The Kier molecular flexibility index (Phi) is 5.82. The van der Waals surface area contributed by atoms with Crippen LogP contribution in [0.2, 0.25) is 0 Å². The van der Waals surface area contributed by atoms with Crippen molar-refractivity contribution in [3.8, 4) is 0 Å².